The molecule has 0 spiro atoms. The smallest absolute Gasteiger partial charge is 0.496 e. The van der Waals surface area contributed by atoms with Gasteiger partial charge in [0.1, 0.15) is 17.2 Å². The van der Waals surface area contributed by atoms with E-state index in [2.05, 4.69) is 22.1 Å². The molecule has 2 heterocycles. The van der Waals surface area contributed by atoms with Crippen LogP contribution >= 0.6 is 19.6 Å². The number of phosphoric acid groups is 1. The lowest BCUT2D eigenvalue weighted by atomic mass is 10.1. The highest BCUT2D eigenvalue weighted by Crippen LogP contribution is 2.43. The van der Waals surface area contributed by atoms with E-state index in [4.69, 9.17) is 19.3 Å². The van der Waals surface area contributed by atoms with Gasteiger partial charge in [-0.3, -0.25) is 14.6 Å². The molecule has 2 unspecified atom stereocenters. The minimum Gasteiger partial charge on any atom is -0.496 e. The number of benzene rings is 1. The third-order valence-corrected chi connectivity index (χ3v) is 6.81. The highest BCUT2D eigenvalue weighted by Gasteiger charge is 2.43. The summed E-state index contributed by atoms with van der Waals surface area (Å²) in [6, 6.07) is 2.82. The lowest BCUT2D eigenvalue weighted by Crippen LogP contribution is -2.35. The molecule has 0 aliphatic carbocycles. The van der Waals surface area contributed by atoms with Gasteiger partial charge in [0.05, 0.1) is 38.4 Å². The third kappa shape index (κ3) is 9.44. The van der Waals surface area contributed by atoms with E-state index in [0.29, 0.717) is 23.5 Å². The van der Waals surface area contributed by atoms with Gasteiger partial charge in [-0.25, -0.2) is 9.36 Å². The first-order valence-corrected chi connectivity index (χ1v) is 14.2. The molecule has 2 atom stereocenters. The van der Waals surface area contributed by atoms with Crippen LogP contribution in [0.1, 0.15) is 45.6 Å². The first kappa shape index (κ1) is 30.9. The SMILES string of the molecule is CC.CCCCC(=O)NC.COc1cc(OP(=O)(O)O)cc(OC)c1CN1C(=O)NC2CSCC21. The van der Waals surface area contributed by atoms with Crippen LogP contribution in [0.15, 0.2) is 12.1 Å². The van der Waals surface area contributed by atoms with Gasteiger partial charge in [0.15, 0.2) is 0 Å². The van der Waals surface area contributed by atoms with Gasteiger partial charge in [-0.15, -0.1) is 0 Å². The Bertz CT molecular complexity index is 857. The van der Waals surface area contributed by atoms with Gasteiger partial charge in [0.25, 0.3) is 0 Å². The highest BCUT2D eigenvalue weighted by molar-refractivity contribution is 7.99. The van der Waals surface area contributed by atoms with Crippen molar-refractivity contribution in [2.75, 3.05) is 32.8 Å². The van der Waals surface area contributed by atoms with Crippen molar-refractivity contribution in [1.82, 2.24) is 15.5 Å². The first-order chi connectivity index (χ1) is 16.6. The number of fused-ring (bicyclic) bond motifs is 1. The van der Waals surface area contributed by atoms with Gasteiger partial charge in [0.2, 0.25) is 5.91 Å². The molecule has 1 aromatic carbocycles. The number of methoxy groups -OCH3 is 2. The molecule has 4 N–H and O–H groups in total. The van der Waals surface area contributed by atoms with Gasteiger partial charge < -0.3 is 29.5 Å². The van der Waals surface area contributed by atoms with Crippen LogP contribution in [0, 0.1) is 0 Å². The van der Waals surface area contributed by atoms with Gasteiger partial charge >= 0.3 is 13.9 Å². The number of hydrogen-bond donors (Lipinski definition) is 4. The average Bonchev–Trinajstić information content (AvgIpc) is 3.40. The molecule has 13 heteroatoms. The number of carbonyl (C=O) groups excluding carboxylic acids is 2. The number of rotatable bonds is 9. The predicted molar refractivity (Wildman–Crippen MR) is 136 cm³/mol. The van der Waals surface area contributed by atoms with E-state index in [1.54, 1.807) is 23.7 Å². The maximum atomic E-state index is 12.2. The van der Waals surface area contributed by atoms with Crippen molar-refractivity contribution in [2.45, 2.75) is 58.7 Å². The Morgan fingerprint density at radius 3 is 2.31 bits per heavy atom. The highest BCUT2D eigenvalue weighted by atomic mass is 32.2. The summed E-state index contributed by atoms with van der Waals surface area (Å²) in [7, 11) is -0.184. The number of hydrogen-bond acceptors (Lipinski definition) is 7. The average molecular weight is 536 g/mol. The Labute approximate surface area is 211 Å². The van der Waals surface area contributed by atoms with Crippen molar-refractivity contribution < 1.29 is 37.9 Å². The van der Waals surface area contributed by atoms with Crippen LogP contribution in [-0.2, 0) is 15.9 Å². The van der Waals surface area contributed by atoms with Crippen molar-refractivity contribution >= 4 is 31.5 Å². The minimum atomic E-state index is -4.71. The van der Waals surface area contributed by atoms with Crippen molar-refractivity contribution in [3.8, 4) is 17.2 Å². The molecule has 2 saturated heterocycles. The van der Waals surface area contributed by atoms with Gasteiger partial charge in [-0.05, 0) is 6.42 Å². The normalized spacial score (nSPS) is 18.3. The fourth-order valence-corrected chi connectivity index (χ4v) is 5.24. The summed E-state index contributed by atoms with van der Waals surface area (Å²) in [6.45, 7) is 6.33. The van der Waals surface area contributed by atoms with Crippen LogP contribution in [0.5, 0.6) is 17.2 Å². The second-order valence-electron chi connectivity index (χ2n) is 7.45. The van der Waals surface area contributed by atoms with Crippen molar-refractivity contribution in [3.05, 3.63) is 17.7 Å². The summed E-state index contributed by atoms with van der Waals surface area (Å²) in [5.74, 6) is 2.45. The van der Waals surface area contributed by atoms with Crippen LogP contribution in [0.25, 0.3) is 0 Å². The minimum absolute atomic E-state index is 0.0778. The second kappa shape index (κ2) is 15.1. The third-order valence-electron chi connectivity index (χ3n) is 5.19. The van der Waals surface area contributed by atoms with Gasteiger partial charge in [-0.1, -0.05) is 27.2 Å². The summed E-state index contributed by atoms with van der Waals surface area (Å²) < 4.78 is 26.3. The van der Waals surface area contributed by atoms with Crippen LogP contribution in [0.3, 0.4) is 0 Å². The number of ether oxygens (including phenoxy) is 2. The topological polar surface area (TPSA) is 147 Å². The summed E-state index contributed by atoms with van der Waals surface area (Å²) in [6.07, 6.45) is 2.76. The number of amides is 3. The Balaban J connectivity index is 0.000000523. The number of phosphoric ester groups is 1. The summed E-state index contributed by atoms with van der Waals surface area (Å²) in [5.41, 5.74) is 0.607. The van der Waals surface area contributed by atoms with Gasteiger partial charge in [0, 0.05) is 37.1 Å². The quantitative estimate of drug-likeness (QED) is 0.277. The number of nitrogens with zero attached hydrogens (tertiary/aromatic N) is 1. The second-order valence-corrected chi connectivity index (χ2v) is 9.69. The molecule has 2 aliphatic heterocycles. The molecular formula is C22H38N3O8PS. The van der Waals surface area contributed by atoms with Crippen molar-refractivity contribution in [3.63, 3.8) is 0 Å². The van der Waals surface area contributed by atoms with Crippen LogP contribution < -0.4 is 24.6 Å². The molecule has 35 heavy (non-hydrogen) atoms. The molecule has 0 saturated carbocycles. The zero-order valence-corrected chi connectivity index (χ0v) is 22.9. The Morgan fingerprint density at radius 2 is 1.83 bits per heavy atom. The van der Waals surface area contributed by atoms with E-state index in [0.717, 1.165) is 24.3 Å². The van der Waals surface area contributed by atoms with E-state index in [1.165, 1.54) is 26.4 Å². The molecule has 11 nitrogen and oxygen atoms in total. The van der Waals surface area contributed by atoms with E-state index < -0.39 is 7.82 Å². The Hall–Kier alpha value is -2.14. The van der Waals surface area contributed by atoms with Crippen LogP contribution in [0.2, 0.25) is 0 Å². The molecule has 2 aliphatic rings. The van der Waals surface area contributed by atoms with Crippen molar-refractivity contribution in [1.29, 1.82) is 0 Å². The maximum Gasteiger partial charge on any atom is 0.524 e. The monoisotopic (exact) mass is 535 g/mol. The predicted octanol–water partition coefficient (Wildman–Crippen LogP) is 3.13. The lowest BCUT2D eigenvalue weighted by Gasteiger charge is -2.24. The Kier molecular flexibility index (Phi) is 13.3. The van der Waals surface area contributed by atoms with E-state index >= 15 is 0 Å². The molecule has 0 bridgehead atoms. The van der Waals surface area contributed by atoms with E-state index in [1.807, 2.05) is 13.8 Å². The fraction of sp³-hybridized carbons (Fsp3) is 0.636. The molecule has 1 aromatic rings. The van der Waals surface area contributed by atoms with Crippen LogP contribution in [-0.4, -0.2) is 71.5 Å². The molecule has 2 fully saturated rings. The zero-order valence-electron chi connectivity index (χ0n) is 21.2. The first-order valence-electron chi connectivity index (χ1n) is 11.5. The molecular weight excluding hydrogens is 497 g/mol. The number of thioether (sulfide) groups is 1. The van der Waals surface area contributed by atoms with Crippen molar-refractivity contribution in [2.24, 2.45) is 0 Å². The molecule has 0 radical (unpaired) electrons. The standard InChI is InChI=1S/C14H19N2O7PS.C6H13NO.C2H6/c1-21-12-3-8(23-24(18,19)20)4-13(22-2)9(12)5-16-11-7-25-6-10(11)15-14(16)17;1-3-4-5-6(8)7-2;1-2/h3-4,10-11H,5-7H2,1-2H3,(H,15,17)(H2,18,19,20);3-5H2,1-2H3,(H,7,8);1-2H3. The van der Waals surface area contributed by atoms with Gasteiger partial charge in [-0.2, -0.15) is 11.8 Å². The fourth-order valence-electron chi connectivity index (χ4n) is 3.51. The number of carbonyl (C=O) groups is 2. The summed E-state index contributed by atoms with van der Waals surface area (Å²) in [4.78, 5) is 42.4. The Morgan fingerprint density at radius 1 is 1.23 bits per heavy atom. The molecule has 200 valence electrons. The molecule has 3 amide bonds. The van der Waals surface area contributed by atoms with E-state index in [-0.39, 0.29) is 36.3 Å². The summed E-state index contributed by atoms with van der Waals surface area (Å²) in [5, 5.41) is 5.52. The van der Waals surface area contributed by atoms with E-state index in [9.17, 15) is 14.2 Å². The zero-order chi connectivity index (χ0) is 26.6. The number of nitrogens with one attached hydrogen (secondary N) is 2. The number of unbranched alkanes of at least 4 members (excludes halogenated alkanes) is 1. The molecule has 3 rings (SSSR count). The lowest BCUT2D eigenvalue weighted by molar-refractivity contribution is -0.120. The van der Waals surface area contributed by atoms with Crippen LogP contribution in [0.4, 0.5) is 4.79 Å². The largest absolute Gasteiger partial charge is 0.524 e. The maximum absolute atomic E-state index is 12.2. The summed E-state index contributed by atoms with van der Waals surface area (Å²) >= 11 is 1.79. The molecule has 0 aromatic heterocycles. The number of urea groups is 1.